The summed E-state index contributed by atoms with van der Waals surface area (Å²) in [6.45, 7) is 6.61. The molecule has 1 saturated heterocycles. The summed E-state index contributed by atoms with van der Waals surface area (Å²) in [5, 5.41) is 2.54. The van der Waals surface area contributed by atoms with Gasteiger partial charge in [0.1, 0.15) is 0 Å². The van der Waals surface area contributed by atoms with E-state index in [0.29, 0.717) is 12.1 Å². The van der Waals surface area contributed by atoms with Crippen molar-refractivity contribution in [2.45, 2.75) is 20.0 Å². The Morgan fingerprint density at radius 2 is 1.70 bits per heavy atom. The molecular weight excluding hydrogens is 340 g/mol. The molecular formula is C21H26N4O2. The van der Waals surface area contributed by atoms with Crippen LogP contribution in [-0.2, 0) is 13.1 Å². The van der Waals surface area contributed by atoms with Crippen LogP contribution in [0.3, 0.4) is 0 Å². The number of nitrogens with two attached hydrogens (primary N) is 1. The highest BCUT2D eigenvalue weighted by Gasteiger charge is 2.22. The zero-order chi connectivity index (χ0) is 19.2. The first kappa shape index (κ1) is 18.9. The number of hydrogen-bond donors (Lipinski definition) is 2. The number of carbonyl (C=O) groups is 2. The molecule has 1 fully saturated rings. The van der Waals surface area contributed by atoms with Gasteiger partial charge in [-0.1, -0.05) is 42.0 Å². The second kappa shape index (κ2) is 8.68. The lowest BCUT2D eigenvalue weighted by atomic mass is 10.1. The Bertz CT molecular complexity index is 796. The number of nitrogens with one attached hydrogen (secondary N) is 1. The molecule has 1 heterocycles. The largest absolute Gasteiger partial charge is 0.352 e. The van der Waals surface area contributed by atoms with Crippen molar-refractivity contribution < 1.29 is 9.59 Å². The molecule has 3 N–H and O–H groups in total. The third-order valence-electron chi connectivity index (χ3n) is 4.82. The summed E-state index contributed by atoms with van der Waals surface area (Å²) in [4.78, 5) is 27.8. The molecule has 3 amide bonds. The number of amides is 3. The minimum absolute atomic E-state index is 0.0552. The summed E-state index contributed by atoms with van der Waals surface area (Å²) >= 11 is 0. The standard InChI is InChI=1S/C21H26N4O2/c1-16-3-2-4-18(13-16)15-24-9-11-25(12-10-24)20(26)19-7-5-17(6-8-19)14-23-21(22)27/h2-8,13H,9-12,14-15H2,1H3,(H3,22,23,27). The molecule has 0 saturated carbocycles. The molecule has 0 radical (unpaired) electrons. The van der Waals surface area contributed by atoms with Crippen LogP contribution in [0.4, 0.5) is 4.79 Å². The molecule has 142 valence electrons. The molecule has 2 aromatic rings. The average molecular weight is 366 g/mol. The Morgan fingerprint density at radius 3 is 2.33 bits per heavy atom. The lowest BCUT2D eigenvalue weighted by Crippen LogP contribution is -2.48. The van der Waals surface area contributed by atoms with Gasteiger partial charge in [-0.05, 0) is 30.2 Å². The van der Waals surface area contributed by atoms with Gasteiger partial charge in [-0.2, -0.15) is 0 Å². The first-order valence-corrected chi connectivity index (χ1v) is 9.21. The van der Waals surface area contributed by atoms with Crippen molar-refractivity contribution in [1.82, 2.24) is 15.1 Å². The smallest absolute Gasteiger partial charge is 0.312 e. The highest BCUT2D eigenvalue weighted by Crippen LogP contribution is 2.13. The van der Waals surface area contributed by atoms with Gasteiger partial charge in [-0.25, -0.2) is 4.79 Å². The van der Waals surface area contributed by atoms with Crippen LogP contribution in [0, 0.1) is 6.92 Å². The summed E-state index contributed by atoms with van der Waals surface area (Å²) in [6.07, 6.45) is 0. The molecule has 0 unspecified atom stereocenters. The van der Waals surface area contributed by atoms with E-state index >= 15 is 0 Å². The van der Waals surface area contributed by atoms with Gasteiger partial charge in [-0.15, -0.1) is 0 Å². The van der Waals surface area contributed by atoms with Crippen molar-refractivity contribution in [3.8, 4) is 0 Å². The molecule has 0 aromatic heterocycles. The topological polar surface area (TPSA) is 78.7 Å². The fraction of sp³-hybridized carbons (Fsp3) is 0.333. The minimum Gasteiger partial charge on any atom is -0.352 e. The van der Waals surface area contributed by atoms with Gasteiger partial charge in [0, 0.05) is 44.8 Å². The third kappa shape index (κ3) is 5.31. The van der Waals surface area contributed by atoms with Crippen LogP contribution in [0.2, 0.25) is 0 Å². The van der Waals surface area contributed by atoms with E-state index in [2.05, 4.69) is 41.4 Å². The zero-order valence-corrected chi connectivity index (χ0v) is 15.6. The predicted octanol–water partition coefficient (Wildman–Crippen LogP) is 2.12. The van der Waals surface area contributed by atoms with Crippen LogP contribution in [0.1, 0.15) is 27.0 Å². The van der Waals surface area contributed by atoms with Crippen molar-refractivity contribution in [1.29, 1.82) is 0 Å². The third-order valence-corrected chi connectivity index (χ3v) is 4.82. The van der Waals surface area contributed by atoms with Gasteiger partial charge in [-0.3, -0.25) is 9.69 Å². The Balaban J connectivity index is 1.51. The molecule has 0 atom stereocenters. The summed E-state index contributed by atoms with van der Waals surface area (Å²) in [6, 6.07) is 15.3. The number of piperazine rings is 1. The van der Waals surface area contributed by atoms with Crippen LogP contribution >= 0.6 is 0 Å². The molecule has 6 nitrogen and oxygen atoms in total. The van der Waals surface area contributed by atoms with E-state index in [4.69, 9.17) is 5.73 Å². The summed E-state index contributed by atoms with van der Waals surface area (Å²) in [5.74, 6) is 0.0552. The number of rotatable bonds is 5. The van der Waals surface area contributed by atoms with Crippen molar-refractivity contribution in [3.05, 3.63) is 70.8 Å². The molecule has 0 aliphatic carbocycles. The normalized spacial score (nSPS) is 14.8. The van der Waals surface area contributed by atoms with E-state index in [9.17, 15) is 9.59 Å². The number of benzene rings is 2. The van der Waals surface area contributed by atoms with Crippen LogP contribution < -0.4 is 11.1 Å². The van der Waals surface area contributed by atoms with E-state index in [1.165, 1.54) is 11.1 Å². The first-order chi connectivity index (χ1) is 13.0. The van der Waals surface area contributed by atoms with E-state index in [1.807, 2.05) is 17.0 Å². The van der Waals surface area contributed by atoms with E-state index < -0.39 is 6.03 Å². The van der Waals surface area contributed by atoms with Crippen molar-refractivity contribution in [2.24, 2.45) is 5.73 Å². The van der Waals surface area contributed by atoms with Crippen LogP contribution in [0.25, 0.3) is 0 Å². The highest BCUT2D eigenvalue weighted by molar-refractivity contribution is 5.94. The highest BCUT2D eigenvalue weighted by atomic mass is 16.2. The first-order valence-electron chi connectivity index (χ1n) is 9.21. The van der Waals surface area contributed by atoms with Crippen molar-refractivity contribution >= 4 is 11.9 Å². The van der Waals surface area contributed by atoms with Gasteiger partial charge >= 0.3 is 6.03 Å². The molecule has 1 aliphatic heterocycles. The van der Waals surface area contributed by atoms with Crippen molar-refractivity contribution in [3.63, 3.8) is 0 Å². The quantitative estimate of drug-likeness (QED) is 0.851. The Labute approximate surface area is 159 Å². The summed E-state index contributed by atoms with van der Waals surface area (Å²) in [7, 11) is 0. The van der Waals surface area contributed by atoms with Gasteiger partial charge in [0.15, 0.2) is 0 Å². The van der Waals surface area contributed by atoms with Crippen molar-refractivity contribution in [2.75, 3.05) is 26.2 Å². The molecule has 0 bridgehead atoms. The van der Waals surface area contributed by atoms with Crippen LogP contribution in [-0.4, -0.2) is 47.9 Å². The molecule has 3 rings (SSSR count). The zero-order valence-electron chi connectivity index (χ0n) is 15.6. The van der Waals surface area contributed by atoms with Gasteiger partial charge < -0.3 is 16.0 Å². The van der Waals surface area contributed by atoms with E-state index in [-0.39, 0.29) is 5.91 Å². The number of hydrogen-bond acceptors (Lipinski definition) is 3. The van der Waals surface area contributed by atoms with Gasteiger partial charge in [0.25, 0.3) is 5.91 Å². The number of aryl methyl sites for hydroxylation is 1. The molecule has 6 heteroatoms. The Hall–Kier alpha value is -2.86. The number of primary amides is 1. The van der Waals surface area contributed by atoms with Gasteiger partial charge in [0.05, 0.1) is 0 Å². The Kier molecular flexibility index (Phi) is 6.08. The lowest BCUT2D eigenvalue weighted by Gasteiger charge is -2.34. The maximum Gasteiger partial charge on any atom is 0.312 e. The maximum absolute atomic E-state index is 12.7. The van der Waals surface area contributed by atoms with E-state index in [0.717, 1.165) is 38.3 Å². The number of nitrogens with zero attached hydrogens (tertiary/aromatic N) is 2. The monoisotopic (exact) mass is 366 g/mol. The minimum atomic E-state index is -0.557. The number of urea groups is 1. The molecule has 1 aliphatic rings. The summed E-state index contributed by atoms with van der Waals surface area (Å²) in [5.41, 5.74) is 9.24. The molecule has 0 spiro atoms. The number of carbonyl (C=O) groups excluding carboxylic acids is 2. The molecule has 2 aromatic carbocycles. The predicted molar refractivity (Wildman–Crippen MR) is 105 cm³/mol. The second-order valence-electron chi connectivity index (χ2n) is 6.97. The molecule has 27 heavy (non-hydrogen) atoms. The Morgan fingerprint density at radius 1 is 1.00 bits per heavy atom. The fourth-order valence-electron chi connectivity index (χ4n) is 3.31. The van der Waals surface area contributed by atoms with E-state index in [1.54, 1.807) is 12.1 Å². The SMILES string of the molecule is Cc1cccc(CN2CCN(C(=O)c3ccc(CNC(N)=O)cc3)CC2)c1. The van der Waals surface area contributed by atoms with Crippen LogP contribution in [0.15, 0.2) is 48.5 Å². The lowest BCUT2D eigenvalue weighted by molar-refractivity contribution is 0.0628. The van der Waals surface area contributed by atoms with Crippen LogP contribution in [0.5, 0.6) is 0 Å². The average Bonchev–Trinajstić information content (AvgIpc) is 2.67. The van der Waals surface area contributed by atoms with Gasteiger partial charge in [0.2, 0.25) is 0 Å². The fourth-order valence-corrected chi connectivity index (χ4v) is 3.31. The second-order valence-corrected chi connectivity index (χ2v) is 6.97. The maximum atomic E-state index is 12.7. The summed E-state index contributed by atoms with van der Waals surface area (Å²) < 4.78 is 0.